The minimum atomic E-state index is -1.08. The standard InChI is InChI=1S/2C24H20O9.C15H14O6.C9H8O4/c2*25-14-3-1-10(5-17(14)28)12-8-21(31)32-20-9-16(27)13-7-19(30)23(33-24(13)22(12)20)11-2-4-15(26)18(29)6-11;16-8-4-11(18)9-6-13(20)15(21-14(9)5-8)7-1-2-10(17)12(19)3-7;10-7-3-1-6(5-8(7)11)2-4-9(12)13/h2*1-6,9,12,19,23,25-30H,7-8H2;1-5,13,15-20H,6H2;1-5,10-11H,(H,12,13)/b;;;4-2+/t12-,19+,23+;12-,19-,23-;13-,15-;/m011./s1. The van der Waals surface area contributed by atoms with E-state index in [1.165, 1.54) is 127 Å². The monoisotopic (exact) mass is 1370 g/mol. The molecular formula is C72H62O28. The Kier molecular flexibility index (Phi) is 19.0. The van der Waals surface area contributed by atoms with E-state index in [9.17, 15) is 101 Å². The molecule has 28 nitrogen and oxygen atoms in total. The Hall–Kier alpha value is -12.8. The van der Waals surface area contributed by atoms with Crippen molar-refractivity contribution in [2.75, 3.05) is 0 Å². The summed E-state index contributed by atoms with van der Waals surface area (Å²) in [5.41, 5.74) is 4.79. The molecule has 28 heteroatoms. The molecule has 0 aromatic heterocycles. The van der Waals surface area contributed by atoms with Gasteiger partial charge in [0.25, 0.3) is 0 Å². The number of carbonyl (C=O) groups is 3. The molecule has 0 fully saturated rings. The summed E-state index contributed by atoms with van der Waals surface area (Å²) in [6.07, 6.45) is -3.45. The summed E-state index contributed by atoms with van der Waals surface area (Å²) in [5.74, 6) is -7.01. The maximum atomic E-state index is 12.3. The first-order valence-corrected chi connectivity index (χ1v) is 30.3. The molecule has 5 heterocycles. The van der Waals surface area contributed by atoms with Gasteiger partial charge in [-0.3, -0.25) is 9.59 Å². The smallest absolute Gasteiger partial charge is 0.328 e. The summed E-state index contributed by atoms with van der Waals surface area (Å²) in [5, 5.41) is 195. The highest BCUT2D eigenvalue weighted by Crippen LogP contribution is 2.56. The number of aromatic hydroxyl groups is 16. The van der Waals surface area contributed by atoms with Crippen molar-refractivity contribution in [3.05, 3.63) is 201 Å². The molecule has 8 atom stereocenters. The first-order valence-electron chi connectivity index (χ1n) is 30.3. The van der Waals surface area contributed by atoms with Gasteiger partial charge in [0.05, 0.1) is 31.2 Å². The van der Waals surface area contributed by atoms with E-state index in [1.54, 1.807) is 12.1 Å². The van der Waals surface area contributed by atoms with E-state index in [2.05, 4.69) is 0 Å². The number of phenolic OH excluding ortho intramolecular Hbond substituents is 16. The lowest BCUT2D eigenvalue weighted by atomic mass is 9.82. The number of benzene rings is 9. The topological polar surface area (TPSA) is 502 Å². The summed E-state index contributed by atoms with van der Waals surface area (Å²) in [6, 6.07) is 29.8. The lowest BCUT2D eigenvalue weighted by Crippen LogP contribution is -2.32. The Labute approximate surface area is 564 Å². The maximum Gasteiger partial charge on any atom is 0.328 e. The van der Waals surface area contributed by atoms with Crippen LogP contribution in [-0.4, -0.2) is 138 Å². The Bertz CT molecular complexity index is 4540. The van der Waals surface area contributed by atoms with Crippen LogP contribution in [0.4, 0.5) is 0 Å². The number of aliphatic hydroxyl groups is 3. The zero-order chi connectivity index (χ0) is 71.9. The summed E-state index contributed by atoms with van der Waals surface area (Å²) in [4.78, 5) is 34.7. The number of hydrogen-bond acceptors (Lipinski definition) is 27. The fourth-order valence-electron chi connectivity index (χ4n) is 12.1. The molecule has 9 aromatic rings. The second kappa shape index (κ2) is 27.7. The fraction of sp³-hybridized carbons (Fsp3) is 0.181. The van der Waals surface area contributed by atoms with Crippen LogP contribution < -0.4 is 23.7 Å². The molecule has 0 saturated carbocycles. The van der Waals surface area contributed by atoms with Crippen LogP contribution in [0.3, 0.4) is 0 Å². The maximum absolute atomic E-state index is 12.3. The van der Waals surface area contributed by atoms with Gasteiger partial charge < -0.3 is 126 Å². The molecule has 5 aliphatic rings. The first-order chi connectivity index (χ1) is 47.5. The van der Waals surface area contributed by atoms with Crippen LogP contribution in [0.2, 0.25) is 0 Å². The molecule has 9 aromatic carbocycles. The Morgan fingerprint density at radius 1 is 0.340 bits per heavy atom. The van der Waals surface area contributed by atoms with Gasteiger partial charge in [0.1, 0.15) is 70.1 Å². The quantitative estimate of drug-likeness (QED) is 0.0310. The number of phenols is 16. The van der Waals surface area contributed by atoms with Crippen molar-refractivity contribution in [1.82, 2.24) is 0 Å². The number of carbonyl (C=O) groups excluding carboxylic acids is 2. The lowest BCUT2D eigenvalue weighted by molar-refractivity contribution is -0.136. The van der Waals surface area contributed by atoms with Gasteiger partial charge in [-0.15, -0.1) is 0 Å². The minimum absolute atomic E-state index is 0.0161. The van der Waals surface area contributed by atoms with Crippen LogP contribution >= 0.6 is 0 Å². The van der Waals surface area contributed by atoms with Gasteiger partial charge >= 0.3 is 17.9 Å². The number of carboxylic acids is 1. The lowest BCUT2D eigenvalue weighted by Gasteiger charge is -2.36. The van der Waals surface area contributed by atoms with E-state index < -0.39 is 66.4 Å². The average Bonchev–Trinajstić information content (AvgIpc) is 0.746. The highest BCUT2D eigenvalue weighted by molar-refractivity contribution is 5.85. The van der Waals surface area contributed by atoms with Gasteiger partial charge in [-0.1, -0.05) is 36.4 Å². The van der Waals surface area contributed by atoms with E-state index >= 15 is 0 Å². The Morgan fingerprint density at radius 2 is 0.670 bits per heavy atom. The number of fused-ring (bicyclic) bond motifs is 7. The number of aliphatic carboxylic acids is 1. The molecule has 0 radical (unpaired) electrons. The van der Waals surface area contributed by atoms with Gasteiger partial charge in [0, 0.05) is 89.3 Å². The zero-order valence-corrected chi connectivity index (χ0v) is 51.7. The number of rotatable bonds is 7. The number of ether oxygens (including phenoxy) is 5. The van der Waals surface area contributed by atoms with Crippen molar-refractivity contribution in [2.24, 2.45) is 0 Å². The van der Waals surface area contributed by atoms with Crippen molar-refractivity contribution in [3.63, 3.8) is 0 Å². The number of carboxylic acid groups (broad SMARTS) is 1. The highest BCUT2D eigenvalue weighted by atomic mass is 16.6. The second-order valence-corrected chi connectivity index (χ2v) is 23.7. The van der Waals surface area contributed by atoms with Gasteiger partial charge in [-0.05, 0) is 112 Å². The van der Waals surface area contributed by atoms with Crippen LogP contribution in [0.1, 0.15) is 104 Å². The summed E-state index contributed by atoms with van der Waals surface area (Å²) in [7, 11) is 0. The third-order valence-corrected chi connectivity index (χ3v) is 17.0. The molecule has 5 aliphatic heterocycles. The third kappa shape index (κ3) is 14.2. The second-order valence-electron chi connectivity index (χ2n) is 23.7. The van der Waals surface area contributed by atoms with E-state index in [4.69, 9.17) is 39.0 Å². The third-order valence-electron chi connectivity index (χ3n) is 17.0. The van der Waals surface area contributed by atoms with Crippen LogP contribution in [-0.2, 0) is 33.6 Å². The molecular weight excluding hydrogens is 1310 g/mol. The van der Waals surface area contributed by atoms with Gasteiger partial charge in [0.15, 0.2) is 69.0 Å². The van der Waals surface area contributed by atoms with E-state index in [0.717, 1.165) is 6.08 Å². The van der Waals surface area contributed by atoms with Crippen molar-refractivity contribution in [2.45, 2.75) is 80.6 Å². The molecule has 0 amide bonds. The molecule has 100 heavy (non-hydrogen) atoms. The molecule has 518 valence electrons. The minimum Gasteiger partial charge on any atom is -0.508 e. The number of hydrogen-bond donors (Lipinski definition) is 20. The van der Waals surface area contributed by atoms with Gasteiger partial charge in [-0.2, -0.15) is 0 Å². The number of aliphatic hydroxyl groups excluding tert-OH is 3. The Morgan fingerprint density at radius 3 is 1.04 bits per heavy atom. The van der Waals surface area contributed by atoms with E-state index in [-0.39, 0.29) is 153 Å². The SMILES string of the molecule is O=C(O)/C=C/c1ccc(O)c(O)c1.O=C1C[C@@H](c2ccc(O)c(O)c2)c2c(cc(O)c3c2O[C@H](c2ccc(O)c(O)c2)[C@H](O)C3)O1.O=C1C[C@H](c2ccc(O)c(O)c2)c2c(cc(O)c3c2O[C@H](c2ccc(O)c(O)c2)[C@H](O)C3)O1.Oc1cc(O)c2c(c1)O[C@H](c1ccc(O)c(O)c1)[C@H](O)C2. The largest absolute Gasteiger partial charge is 0.508 e. The van der Waals surface area contributed by atoms with Crippen molar-refractivity contribution < 1.29 is 140 Å². The predicted octanol–water partition coefficient (Wildman–Crippen LogP) is 8.13. The van der Waals surface area contributed by atoms with Crippen LogP contribution in [0.5, 0.6) is 121 Å². The van der Waals surface area contributed by atoms with Crippen LogP contribution in [0.25, 0.3) is 6.08 Å². The van der Waals surface area contributed by atoms with Gasteiger partial charge in [-0.25, -0.2) is 4.79 Å². The van der Waals surface area contributed by atoms with Crippen LogP contribution in [0, 0.1) is 0 Å². The summed E-state index contributed by atoms with van der Waals surface area (Å²) in [6.45, 7) is 0. The predicted molar refractivity (Wildman–Crippen MR) is 345 cm³/mol. The van der Waals surface area contributed by atoms with Crippen molar-refractivity contribution >= 4 is 24.0 Å². The van der Waals surface area contributed by atoms with Crippen molar-refractivity contribution in [3.8, 4) is 121 Å². The van der Waals surface area contributed by atoms with E-state index in [1.807, 2.05) is 0 Å². The van der Waals surface area contributed by atoms with E-state index in [0.29, 0.717) is 61.2 Å². The molecule has 0 unspecified atom stereocenters. The van der Waals surface area contributed by atoms with Crippen LogP contribution in [0.15, 0.2) is 140 Å². The van der Waals surface area contributed by atoms with Gasteiger partial charge in [0.2, 0.25) is 0 Å². The molecule has 0 aliphatic carbocycles. The molecule has 20 N–H and O–H groups in total. The molecule has 0 bridgehead atoms. The average molecular weight is 1380 g/mol. The normalized spacial score (nSPS) is 19.9. The molecule has 0 saturated heterocycles. The summed E-state index contributed by atoms with van der Waals surface area (Å²) < 4.78 is 28.6. The zero-order valence-electron chi connectivity index (χ0n) is 51.7. The molecule has 0 spiro atoms. The summed E-state index contributed by atoms with van der Waals surface area (Å²) >= 11 is 0. The fourth-order valence-corrected chi connectivity index (χ4v) is 12.1. The molecule has 14 rings (SSSR count). The highest BCUT2D eigenvalue weighted by Gasteiger charge is 2.43. The Balaban J connectivity index is 0.000000142. The number of esters is 2. The van der Waals surface area contributed by atoms with Crippen molar-refractivity contribution in [1.29, 1.82) is 0 Å². The first kappa shape index (κ1) is 68.6.